The van der Waals surface area contributed by atoms with E-state index < -0.39 is 0 Å². The van der Waals surface area contributed by atoms with Gasteiger partial charge in [-0.05, 0) is 31.6 Å². The zero-order valence-electron chi connectivity index (χ0n) is 10.7. The molecule has 1 amide bonds. The molecule has 3 heteroatoms. The third kappa shape index (κ3) is 4.52. The summed E-state index contributed by atoms with van der Waals surface area (Å²) < 4.78 is 0. The van der Waals surface area contributed by atoms with Crippen molar-refractivity contribution >= 4 is 5.91 Å². The molecule has 1 rings (SSSR count). The van der Waals surface area contributed by atoms with E-state index in [0.29, 0.717) is 6.04 Å². The lowest BCUT2D eigenvalue weighted by Gasteiger charge is -2.19. The number of carbonyl (C=O) groups excluding carboxylic acids is 1. The van der Waals surface area contributed by atoms with Gasteiger partial charge in [-0.1, -0.05) is 33.1 Å². The van der Waals surface area contributed by atoms with Gasteiger partial charge < -0.3 is 11.1 Å². The summed E-state index contributed by atoms with van der Waals surface area (Å²) in [6.45, 7) is 4.35. The Morgan fingerprint density at radius 2 is 2.12 bits per heavy atom. The van der Waals surface area contributed by atoms with Gasteiger partial charge in [0.2, 0.25) is 5.91 Å². The molecule has 1 saturated carbocycles. The van der Waals surface area contributed by atoms with Crippen molar-refractivity contribution in [3.05, 3.63) is 0 Å². The normalized spacial score (nSPS) is 28.2. The molecule has 0 radical (unpaired) electrons. The zero-order chi connectivity index (χ0) is 12.0. The molecular formula is C13H26N2O. The van der Waals surface area contributed by atoms with Crippen LogP contribution in [0.5, 0.6) is 0 Å². The lowest BCUT2D eigenvalue weighted by atomic mass is 10.0. The summed E-state index contributed by atoms with van der Waals surface area (Å²) >= 11 is 0. The maximum Gasteiger partial charge on any atom is 0.237 e. The average molecular weight is 226 g/mol. The number of amides is 1. The topological polar surface area (TPSA) is 55.1 Å². The molecule has 3 N–H and O–H groups in total. The Morgan fingerprint density at radius 3 is 2.81 bits per heavy atom. The quantitative estimate of drug-likeness (QED) is 0.722. The van der Waals surface area contributed by atoms with E-state index in [1.54, 1.807) is 0 Å². The second-order valence-corrected chi connectivity index (χ2v) is 5.21. The van der Waals surface area contributed by atoms with Gasteiger partial charge in [0.1, 0.15) is 0 Å². The van der Waals surface area contributed by atoms with Gasteiger partial charge in [-0.2, -0.15) is 0 Å². The highest BCUT2D eigenvalue weighted by Crippen LogP contribution is 2.22. The largest absolute Gasteiger partial charge is 0.352 e. The molecule has 0 saturated heterocycles. The molecule has 0 aliphatic heterocycles. The molecule has 1 aliphatic rings. The highest BCUT2D eigenvalue weighted by atomic mass is 16.2. The van der Waals surface area contributed by atoms with Crippen LogP contribution < -0.4 is 11.1 Å². The minimum Gasteiger partial charge on any atom is -0.352 e. The van der Waals surface area contributed by atoms with Gasteiger partial charge in [-0.3, -0.25) is 4.79 Å². The molecule has 0 bridgehead atoms. The molecule has 3 nitrogen and oxygen atoms in total. The molecule has 3 unspecified atom stereocenters. The van der Waals surface area contributed by atoms with E-state index in [1.807, 2.05) is 0 Å². The molecule has 0 heterocycles. The Bertz CT molecular complexity index is 218. The van der Waals surface area contributed by atoms with Crippen molar-refractivity contribution in [2.45, 2.75) is 70.9 Å². The van der Waals surface area contributed by atoms with E-state index in [1.165, 1.54) is 19.3 Å². The van der Waals surface area contributed by atoms with Crippen LogP contribution in [0.2, 0.25) is 0 Å². The Kier molecular flexibility index (Phi) is 5.81. The lowest BCUT2D eigenvalue weighted by molar-refractivity contribution is -0.123. The van der Waals surface area contributed by atoms with Crippen LogP contribution in [0.4, 0.5) is 0 Å². The molecular weight excluding hydrogens is 200 g/mol. The van der Waals surface area contributed by atoms with Crippen LogP contribution >= 0.6 is 0 Å². The number of nitrogens with one attached hydrogen (secondary N) is 1. The van der Waals surface area contributed by atoms with Gasteiger partial charge in [-0.25, -0.2) is 0 Å². The maximum absolute atomic E-state index is 11.8. The van der Waals surface area contributed by atoms with Gasteiger partial charge >= 0.3 is 0 Å². The van der Waals surface area contributed by atoms with Gasteiger partial charge in [0, 0.05) is 6.04 Å². The van der Waals surface area contributed by atoms with Crippen LogP contribution in [0, 0.1) is 5.92 Å². The van der Waals surface area contributed by atoms with Crippen LogP contribution in [-0.4, -0.2) is 18.0 Å². The van der Waals surface area contributed by atoms with Crippen molar-refractivity contribution in [3.8, 4) is 0 Å². The fourth-order valence-corrected chi connectivity index (χ4v) is 2.38. The fraction of sp³-hybridized carbons (Fsp3) is 0.923. The Balaban J connectivity index is 2.32. The van der Waals surface area contributed by atoms with Crippen LogP contribution in [0.3, 0.4) is 0 Å². The third-order valence-corrected chi connectivity index (χ3v) is 3.54. The summed E-state index contributed by atoms with van der Waals surface area (Å²) in [5, 5.41) is 3.10. The number of rotatable bonds is 4. The molecule has 1 fully saturated rings. The van der Waals surface area contributed by atoms with Crippen LogP contribution in [0.25, 0.3) is 0 Å². The highest BCUT2D eigenvalue weighted by molar-refractivity contribution is 5.81. The smallest absolute Gasteiger partial charge is 0.237 e. The fourth-order valence-electron chi connectivity index (χ4n) is 2.38. The maximum atomic E-state index is 11.8. The van der Waals surface area contributed by atoms with Gasteiger partial charge in [-0.15, -0.1) is 0 Å². The summed E-state index contributed by atoms with van der Waals surface area (Å²) in [7, 11) is 0. The van der Waals surface area contributed by atoms with Crippen molar-refractivity contribution in [3.63, 3.8) is 0 Å². The van der Waals surface area contributed by atoms with E-state index in [9.17, 15) is 4.79 Å². The third-order valence-electron chi connectivity index (χ3n) is 3.54. The first-order chi connectivity index (χ1) is 7.63. The van der Waals surface area contributed by atoms with Crippen molar-refractivity contribution in [1.29, 1.82) is 0 Å². The number of hydrogen-bond acceptors (Lipinski definition) is 2. The van der Waals surface area contributed by atoms with Crippen LogP contribution in [0.15, 0.2) is 0 Å². The molecule has 0 aromatic carbocycles. The predicted molar refractivity (Wildman–Crippen MR) is 67.1 cm³/mol. The Labute approximate surface area is 99.2 Å². The van der Waals surface area contributed by atoms with Crippen molar-refractivity contribution in [1.82, 2.24) is 5.32 Å². The minimum absolute atomic E-state index is 0.0430. The van der Waals surface area contributed by atoms with E-state index in [0.717, 1.165) is 31.6 Å². The van der Waals surface area contributed by atoms with Gasteiger partial charge in [0.05, 0.1) is 6.04 Å². The monoisotopic (exact) mass is 226 g/mol. The first-order valence-electron chi connectivity index (χ1n) is 6.69. The summed E-state index contributed by atoms with van der Waals surface area (Å²) in [4.78, 5) is 11.8. The van der Waals surface area contributed by atoms with E-state index in [4.69, 9.17) is 5.73 Å². The van der Waals surface area contributed by atoms with E-state index >= 15 is 0 Å². The average Bonchev–Trinajstić information content (AvgIpc) is 2.44. The number of hydrogen-bond donors (Lipinski definition) is 2. The number of carbonyl (C=O) groups is 1. The second kappa shape index (κ2) is 6.89. The predicted octanol–water partition coefficient (Wildman–Crippen LogP) is 2.20. The first-order valence-corrected chi connectivity index (χ1v) is 6.69. The van der Waals surface area contributed by atoms with Crippen LogP contribution in [-0.2, 0) is 4.79 Å². The molecule has 0 spiro atoms. The molecule has 94 valence electrons. The minimum atomic E-state index is -0.314. The van der Waals surface area contributed by atoms with Gasteiger partial charge in [0.15, 0.2) is 0 Å². The van der Waals surface area contributed by atoms with Crippen molar-refractivity contribution < 1.29 is 4.79 Å². The van der Waals surface area contributed by atoms with Crippen LogP contribution in [0.1, 0.15) is 58.8 Å². The zero-order valence-corrected chi connectivity index (χ0v) is 10.7. The van der Waals surface area contributed by atoms with Gasteiger partial charge in [0.25, 0.3) is 0 Å². The van der Waals surface area contributed by atoms with E-state index in [-0.39, 0.29) is 11.9 Å². The molecule has 0 aromatic rings. The summed E-state index contributed by atoms with van der Waals surface area (Å²) in [5.74, 6) is 0.854. The summed E-state index contributed by atoms with van der Waals surface area (Å²) in [6.07, 6.45) is 7.75. The Morgan fingerprint density at radius 1 is 1.38 bits per heavy atom. The summed E-state index contributed by atoms with van der Waals surface area (Å²) in [6, 6.07) is 0.0473. The first kappa shape index (κ1) is 13.5. The molecule has 1 aliphatic carbocycles. The Hall–Kier alpha value is -0.570. The SMILES string of the molecule is CCCC(N)C(=O)NC1CCCC(C)CC1. The second-order valence-electron chi connectivity index (χ2n) is 5.21. The lowest BCUT2D eigenvalue weighted by Crippen LogP contribution is -2.45. The molecule has 0 aromatic heterocycles. The standard InChI is InChI=1S/C13H26N2O/c1-3-5-12(14)13(16)15-11-7-4-6-10(2)8-9-11/h10-12H,3-9,14H2,1-2H3,(H,15,16). The summed E-state index contributed by atoms with van der Waals surface area (Å²) in [5.41, 5.74) is 5.80. The van der Waals surface area contributed by atoms with Crippen molar-refractivity contribution in [2.24, 2.45) is 11.7 Å². The molecule has 16 heavy (non-hydrogen) atoms. The van der Waals surface area contributed by atoms with Crippen molar-refractivity contribution in [2.75, 3.05) is 0 Å². The molecule has 3 atom stereocenters. The highest BCUT2D eigenvalue weighted by Gasteiger charge is 2.20. The number of nitrogens with two attached hydrogens (primary N) is 1. The van der Waals surface area contributed by atoms with E-state index in [2.05, 4.69) is 19.2 Å².